The molecule has 0 radical (unpaired) electrons. The highest BCUT2D eigenvalue weighted by atomic mass is 32.2. The molecule has 12 heteroatoms. The molecule has 2 aromatic rings. The van der Waals surface area contributed by atoms with Gasteiger partial charge in [-0.1, -0.05) is 12.8 Å². The number of aromatic nitrogens is 2. The highest BCUT2D eigenvalue weighted by Gasteiger charge is 2.34. The van der Waals surface area contributed by atoms with Gasteiger partial charge in [0.15, 0.2) is 9.84 Å². The van der Waals surface area contributed by atoms with E-state index in [1.54, 1.807) is 42.7 Å². The summed E-state index contributed by atoms with van der Waals surface area (Å²) in [5.41, 5.74) is 0. The second kappa shape index (κ2) is 13.1. The molecular weight excluding hydrogens is 524 g/mol. The lowest BCUT2D eigenvalue weighted by Crippen LogP contribution is -2.49. The summed E-state index contributed by atoms with van der Waals surface area (Å²) in [5, 5.41) is 11.3. The van der Waals surface area contributed by atoms with Gasteiger partial charge in [0.2, 0.25) is 17.8 Å². The Morgan fingerprint density at radius 2 is 1.74 bits per heavy atom. The minimum atomic E-state index is -3.58. The number of nitrogens with zero attached hydrogens (tertiary/aromatic N) is 5. The number of amides is 2. The van der Waals surface area contributed by atoms with Crippen LogP contribution in [0, 0.1) is 23.2 Å². The van der Waals surface area contributed by atoms with Crippen LogP contribution in [-0.2, 0) is 19.4 Å². The van der Waals surface area contributed by atoms with Crippen molar-refractivity contribution in [2.45, 2.75) is 35.5 Å². The molecule has 1 aromatic heterocycles. The molecule has 38 heavy (non-hydrogen) atoms. The van der Waals surface area contributed by atoms with Gasteiger partial charge in [0.25, 0.3) is 0 Å². The van der Waals surface area contributed by atoms with Crippen LogP contribution in [0.1, 0.15) is 25.7 Å². The Balaban J connectivity index is 1.28. The number of benzene rings is 1. The van der Waals surface area contributed by atoms with Crippen LogP contribution in [0.15, 0.2) is 52.5 Å². The molecule has 4 rings (SSSR count). The van der Waals surface area contributed by atoms with Gasteiger partial charge in [0.05, 0.1) is 22.5 Å². The van der Waals surface area contributed by atoms with Crippen molar-refractivity contribution >= 4 is 39.4 Å². The van der Waals surface area contributed by atoms with Gasteiger partial charge in [0.1, 0.15) is 6.54 Å². The van der Waals surface area contributed by atoms with Crippen molar-refractivity contribution in [3.63, 3.8) is 0 Å². The Morgan fingerprint density at radius 1 is 1.05 bits per heavy atom. The van der Waals surface area contributed by atoms with Gasteiger partial charge in [-0.3, -0.25) is 9.59 Å². The summed E-state index contributed by atoms with van der Waals surface area (Å²) in [5.74, 6) is -0.0119. The molecule has 1 aromatic carbocycles. The highest BCUT2D eigenvalue weighted by molar-refractivity contribution is 8.00. The second-order valence-electron chi connectivity index (χ2n) is 9.49. The third-order valence-corrected chi connectivity index (χ3v) is 9.89. The number of piperazine rings is 1. The average molecular weight is 557 g/mol. The Morgan fingerprint density at radius 3 is 2.42 bits per heavy atom. The predicted molar refractivity (Wildman–Crippen MR) is 144 cm³/mol. The maximum Gasteiger partial charge on any atom is 0.233 e. The quantitative estimate of drug-likeness (QED) is 0.364. The Labute approximate surface area is 227 Å². The van der Waals surface area contributed by atoms with Crippen LogP contribution in [0.4, 0.5) is 5.95 Å². The van der Waals surface area contributed by atoms with Crippen LogP contribution in [0.2, 0.25) is 0 Å². The molecule has 2 unspecified atom stereocenters. The van der Waals surface area contributed by atoms with Crippen molar-refractivity contribution in [3.05, 3.63) is 42.7 Å². The fourth-order valence-corrected chi connectivity index (χ4v) is 7.49. The van der Waals surface area contributed by atoms with Gasteiger partial charge in [-0.15, -0.1) is 11.8 Å². The molecule has 2 amide bonds. The van der Waals surface area contributed by atoms with Crippen LogP contribution >= 0.6 is 11.8 Å². The molecule has 0 spiro atoms. The Bertz CT molecular complexity index is 1240. The number of thioether (sulfide) groups is 1. The van der Waals surface area contributed by atoms with E-state index in [0.717, 1.165) is 17.7 Å². The topological polar surface area (TPSA) is 136 Å². The number of sulfone groups is 1. The van der Waals surface area contributed by atoms with E-state index in [-0.39, 0.29) is 40.7 Å². The standard InChI is InChI=1S/C26H32N6O4S2/c27-10-13-28-25(34)23-5-2-1-4-20(23)19-38(35,36)22-8-6-21(7-9-22)37-18-24(33)31-14-16-32(17-15-31)26-29-11-3-12-30-26/h3,6-9,11-12,20,23H,1-2,4-5,13-19H2,(H,28,34). The summed E-state index contributed by atoms with van der Waals surface area (Å²) < 4.78 is 26.3. The predicted octanol–water partition coefficient (Wildman–Crippen LogP) is 2.14. The lowest BCUT2D eigenvalue weighted by atomic mass is 9.80. The Kier molecular flexibility index (Phi) is 9.58. The van der Waals surface area contributed by atoms with Gasteiger partial charge >= 0.3 is 0 Å². The number of nitriles is 1. The van der Waals surface area contributed by atoms with Crippen molar-refractivity contribution in [2.24, 2.45) is 11.8 Å². The van der Waals surface area contributed by atoms with E-state index >= 15 is 0 Å². The van der Waals surface area contributed by atoms with E-state index in [4.69, 9.17) is 5.26 Å². The first kappa shape index (κ1) is 27.9. The molecule has 2 aliphatic rings. The zero-order valence-corrected chi connectivity index (χ0v) is 22.8. The van der Waals surface area contributed by atoms with E-state index in [2.05, 4.69) is 20.2 Å². The first-order valence-electron chi connectivity index (χ1n) is 12.8. The number of carbonyl (C=O) groups excluding carboxylic acids is 2. The summed E-state index contributed by atoms with van der Waals surface area (Å²) in [6.45, 7) is 2.48. The third-order valence-electron chi connectivity index (χ3n) is 7.03. The first-order chi connectivity index (χ1) is 18.4. The fourth-order valence-electron chi connectivity index (χ4n) is 4.98. The van der Waals surface area contributed by atoms with E-state index in [1.165, 1.54) is 11.8 Å². The number of rotatable bonds is 9. The third kappa shape index (κ3) is 7.23. The van der Waals surface area contributed by atoms with Crippen LogP contribution in [-0.4, -0.2) is 79.3 Å². The SMILES string of the molecule is N#CCNC(=O)C1CCCCC1CS(=O)(=O)c1ccc(SCC(=O)N2CCN(c3ncccn3)CC2)cc1. The molecule has 2 atom stereocenters. The van der Waals surface area contributed by atoms with Crippen LogP contribution < -0.4 is 10.2 Å². The van der Waals surface area contributed by atoms with Crippen molar-refractivity contribution in [1.82, 2.24) is 20.2 Å². The summed E-state index contributed by atoms with van der Waals surface area (Å²) in [4.78, 5) is 38.6. The van der Waals surface area contributed by atoms with Crippen molar-refractivity contribution in [3.8, 4) is 6.07 Å². The maximum atomic E-state index is 13.1. The summed E-state index contributed by atoms with van der Waals surface area (Å²) in [6, 6.07) is 10.3. The van der Waals surface area contributed by atoms with Gasteiger partial charge < -0.3 is 15.1 Å². The van der Waals surface area contributed by atoms with E-state index < -0.39 is 15.8 Å². The molecule has 1 saturated carbocycles. The van der Waals surface area contributed by atoms with E-state index in [1.807, 2.05) is 11.0 Å². The molecule has 1 aliphatic heterocycles. The summed E-state index contributed by atoms with van der Waals surface area (Å²) in [7, 11) is -3.58. The fraction of sp³-hybridized carbons (Fsp3) is 0.500. The number of hydrogen-bond donors (Lipinski definition) is 1. The zero-order valence-electron chi connectivity index (χ0n) is 21.2. The molecule has 1 aliphatic carbocycles. The first-order valence-corrected chi connectivity index (χ1v) is 15.4. The number of nitrogens with one attached hydrogen (secondary N) is 1. The second-order valence-corrected chi connectivity index (χ2v) is 12.6. The molecule has 202 valence electrons. The van der Waals surface area contributed by atoms with Crippen molar-refractivity contribution < 1.29 is 18.0 Å². The molecular formula is C26H32N6O4S2. The number of carbonyl (C=O) groups is 2. The Hall–Kier alpha value is -3.17. The molecule has 1 saturated heterocycles. The summed E-state index contributed by atoms with van der Waals surface area (Å²) >= 11 is 1.38. The molecule has 1 N–H and O–H groups in total. The van der Waals surface area contributed by atoms with Crippen LogP contribution in [0.3, 0.4) is 0 Å². The molecule has 2 fully saturated rings. The smallest absolute Gasteiger partial charge is 0.233 e. The average Bonchev–Trinajstić information content (AvgIpc) is 2.95. The van der Waals surface area contributed by atoms with Gasteiger partial charge in [-0.25, -0.2) is 18.4 Å². The molecule has 10 nitrogen and oxygen atoms in total. The normalized spacial score (nSPS) is 20.0. The van der Waals surface area contributed by atoms with E-state index in [0.29, 0.717) is 45.0 Å². The lowest BCUT2D eigenvalue weighted by Gasteiger charge is -2.34. The lowest BCUT2D eigenvalue weighted by molar-refractivity contribution is -0.129. The summed E-state index contributed by atoms with van der Waals surface area (Å²) in [6.07, 6.45) is 6.49. The van der Waals surface area contributed by atoms with Gasteiger partial charge in [-0.05, 0) is 49.1 Å². The number of anilines is 1. The zero-order chi connectivity index (χ0) is 27.0. The molecule has 0 bridgehead atoms. The van der Waals surface area contributed by atoms with E-state index in [9.17, 15) is 18.0 Å². The largest absolute Gasteiger partial charge is 0.343 e. The van der Waals surface area contributed by atoms with Crippen molar-refractivity contribution in [2.75, 3.05) is 49.1 Å². The minimum absolute atomic E-state index is 0.0401. The van der Waals surface area contributed by atoms with Crippen LogP contribution in [0.25, 0.3) is 0 Å². The van der Waals surface area contributed by atoms with Crippen LogP contribution in [0.5, 0.6) is 0 Å². The number of hydrogen-bond acceptors (Lipinski definition) is 9. The molecule has 2 heterocycles. The minimum Gasteiger partial charge on any atom is -0.343 e. The monoisotopic (exact) mass is 556 g/mol. The maximum absolute atomic E-state index is 13.1. The van der Waals surface area contributed by atoms with Gasteiger partial charge in [0, 0.05) is 49.4 Å². The highest BCUT2D eigenvalue weighted by Crippen LogP contribution is 2.33. The van der Waals surface area contributed by atoms with Gasteiger partial charge in [-0.2, -0.15) is 5.26 Å². The van der Waals surface area contributed by atoms with Crippen molar-refractivity contribution in [1.29, 1.82) is 5.26 Å².